The van der Waals surface area contributed by atoms with Gasteiger partial charge < -0.3 is 5.73 Å². The minimum atomic E-state index is -3.52. The third-order valence-electron chi connectivity index (χ3n) is 4.09. The van der Waals surface area contributed by atoms with E-state index in [9.17, 15) is 8.42 Å². The van der Waals surface area contributed by atoms with E-state index in [4.69, 9.17) is 18.0 Å². The Morgan fingerprint density at radius 3 is 2.67 bits per heavy atom. The second kappa shape index (κ2) is 6.37. The Hall–Kier alpha value is -1.05. The Morgan fingerprint density at radius 2 is 2.14 bits per heavy atom. The molecule has 0 aliphatic heterocycles. The molecule has 7 heteroatoms. The smallest absolute Gasteiger partial charge is 0.244 e. The van der Waals surface area contributed by atoms with Crippen LogP contribution in [0.1, 0.15) is 38.3 Å². The van der Waals surface area contributed by atoms with Crippen LogP contribution in [-0.2, 0) is 10.0 Å². The summed E-state index contributed by atoms with van der Waals surface area (Å²) in [4.78, 5) is 4.36. The minimum absolute atomic E-state index is 0.0639. The van der Waals surface area contributed by atoms with Crippen LogP contribution in [0.5, 0.6) is 0 Å². The van der Waals surface area contributed by atoms with Crippen LogP contribution in [0, 0.1) is 5.92 Å². The lowest BCUT2D eigenvalue weighted by Crippen LogP contribution is -2.39. The van der Waals surface area contributed by atoms with Crippen molar-refractivity contribution in [3.8, 4) is 0 Å². The molecule has 0 aromatic carbocycles. The van der Waals surface area contributed by atoms with Gasteiger partial charge in [-0.05, 0) is 30.9 Å². The van der Waals surface area contributed by atoms with Gasteiger partial charge in [0.05, 0.1) is 5.69 Å². The number of hydrogen-bond acceptors (Lipinski definition) is 4. The van der Waals surface area contributed by atoms with E-state index in [1.165, 1.54) is 23.0 Å². The summed E-state index contributed by atoms with van der Waals surface area (Å²) in [6.45, 7) is 2.17. The molecule has 0 radical (unpaired) electrons. The third-order valence-corrected chi connectivity index (χ3v) is 6.19. The first kappa shape index (κ1) is 16.3. The van der Waals surface area contributed by atoms with Crippen LogP contribution in [0.3, 0.4) is 0 Å². The van der Waals surface area contributed by atoms with E-state index in [-0.39, 0.29) is 15.9 Å². The standard InChI is InChI=1S/C14H21N3O2S2/c1-10-4-3-5-11(8-10)17(2)21(18,19)12-6-7-13(14(15)20)16-9-12/h6-7,9-11H,3-5,8H2,1-2H3,(H2,15,20). The fourth-order valence-corrected chi connectivity index (χ4v) is 4.24. The van der Waals surface area contributed by atoms with Crippen molar-refractivity contribution >= 4 is 27.2 Å². The van der Waals surface area contributed by atoms with Gasteiger partial charge in [0.15, 0.2) is 0 Å². The highest BCUT2D eigenvalue weighted by molar-refractivity contribution is 7.89. The number of nitrogens with zero attached hydrogens (tertiary/aromatic N) is 2. The lowest BCUT2D eigenvalue weighted by Gasteiger charge is -2.33. The lowest BCUT2D eigenvalue weighted by atomic mass is 9.87. The van der Waals surface area contributed by atoms with E-state index in [1.807, 2.05) is 0 Å². The van der Waals surface area contributed by atoms with Crippen LogP contribution in [0.2, 0.25) is 0 Å². The lowest BCUT2D eigenvalue weighted by molar-refractivity contribution is 0.239. The fraction of sp³-hybridized carbons (Fsp3) is 0.571. The van der Waals surface area contributed by atoms with Crippen LogP contribution in [0.25, 0.3) is 0 Å². The Kier molecular flexibility index (Phi) is 4.95. The van der Waals surface area contributed by atoms with Gasteiger partial charge in [0.25, 0.3) is 0 Å². The van der Waals surface area contributed by atoms with Crippen LogP contribution in [-0.4, -0.2) is 35.8 Å². The number of pyridine rings is 1. The van der Waals surface area contributed by atoms with Crippen LogP contribution >= 0.6 is 12.2 Å². The normalized spacial score (nSPS) is 23.2. The van der Waals surface area contributed by atoms with Gasteiger partial charge in [-0.25, -0.2) is 8.42 Å². The Morgan fingerprint density at radius 1 is 1.43 bits per heavy atom. The largest absolute Gasteiger partial charge is 0.388 e. The Balaban J connectivity index is 2.22. The number of rotatable bonds is 4. The molecule has 0 saturated heterocycles. The molecule has 2 rings (SSSR count). The topological polar surface area (TPSA) is 76.3 Å². The van der Waals surface area contributed by atoms with Crippen molar-refractivity contribution in [1.82, 2.24) is 9.29 Å². The van der Waals surface area contributed by atoms with Crippen LogP contribution in [0.4, 0.5) is 0 Å². The molecule has 116 valence electrons. The molecule has 1 aliphatic carbocycles. The molecule has 1 aromatic rings. The maximum atomic E-state index is 12.6. The van der Waals surface area contributed by atoms with E-state index in [0.717, 1.165) is 19.3 Å². The van der Waals surface area contributed by atoms with Crippen molar-refractivity contribution in [3.63, 3.8) is 0 Å². The monoisotopic (exact) mass is 327 g/mol. The van der Waals surface area contributed by atoms with Gasteiger partial charge in [0.2, 0.25) is 10.0 Å². The Bertz CT molecular complexity index is 614. The zero-order valence-corrected chi connectivity index (χ0v) is 14.0. The predicted molar refractivity (Wildman–Crippen MR) is 86.5 cm³/mol. The molecule has 1 saturated carbocycles. The summed E-state index contributed by atoms with van der Waals surface area (Å²) >= 11 is 4.82. The van der Waals surface area contributed by atoms with Crippen molar-refractivity contribution in [2.75, 3.05) is 7.05 Å². The molecule has 1 heterocycles. The van der Waals surface area contributed by atoms with Crippen LogP contribution in [0.15, 0.2) is 23.2 Å². The second-order valence-corrected chi connectivity index (χ2v) is 8.13. The number of thiocarbonyl (C=S) groups is 1. The average molecular weight is 327 g/mol. The van der Waals surface area contributed by atoms with Gasteiger partial charge in [-0.2, -0.15) is 4.31 Å². The number of nitrogens with two attached hydrogens (primary N) is 1. The van der Waals surface area contributed by atoms with Crippen molar-refractivity contribution in [2.24, 2.45) is 11.7 Å². The molecule has 21 heavy (non-hydrogen) atoms. The van der Waals surface area contributed by atoms with Crippen molar-refractivity contribution < 1.29 is 8.42 Å². The van der Waals surface area contributed by atoms with Gasteiger partial charge in [0.1, 0.15) is 9.88 Å². The van der Waals surface area contributed by atoms with Crippen molar-refractivity contribution in [1.29, 1.82) is 0 Å². The summed E-state index contributed by atoms with van der Waals surface area (Å²) in [5, 5.41) is 0. The van der Waals surface area contributed by atoms with Crippen LogP contribution < -0.4 is 5.73 Å². The quantitative estimate of drug-likeness (QED) is 0.855. The zero-order valence-electron chi connectivity index (χ0n) is 12.3. The van der Waals surface area contributed by atoms with Gasteiger partial charge in [-0.1, -0.05) is 32.0 Å². The highest BCUT2D eigenvalue weighted by Gasteiger charge is 2.31. The maximum Gasteiger partial charge on any atom is 0.244 e. The number of aromatic nitrogens is 1. The van der Waals surface area contributed by atoms with E-state index < -0.39 is 10.0 Å². The first-order chi connectivity index (χ1) is 9.82. The molecule has 1 aromatic heterocycles. The first-order valence-electron chi connectivity index (χ1n) is 7.06. The van der Waals surface area contributed by atoms with Gasteiger partial charge in [-0.15, -0.1) is 0 Å². The minimum Gasteiger partial charge on any atom is -0.388 e. The summed E-state index contributed by atoms with van der Waals surface area (Å²) < 4.78 is 26.8. The molecule has 0 spiro atoms. The summed E-state index contributed by atoms with van der Waals surface area (Å²) in [6.07, 6.45) is 5.40. The summed E-state index contributed by atoms with van der Waals surface area (Å²) in [6, 6.07) is 3.13. The highest BCUT2D eigenvalue weighted by atomic mass is 32.2. The summed E-state index contributed by atoms with van der Waals surface area (Å²) in [7, 11) is -1.87. The van der Waals surface area contributed by atoms with Crippen molar-refractivity contribution in [3.05, 3.63) is 24.0 Å². The number of sulfonamides is 1. The van der Waals surface area contributed by atoms with Crippen molar-refractivity contribution in [2.45, 2.75) is 43.5 Å². The van der Waals surface area contributed by atoms with E-state index >= 15 is 0 Å². The maximum absolute atomic E-state index is 12.6. The van der Waals surface area contributed by atoms with E-state index in [1.54, 1.807) is 13.1 Å². The molecular formula is C14H21N3O2S2. The van der Waals surface area contributed by atoms with E-state index in [2.05, 4.69) is 11.9 Å². The summed E-state index contributed by atoms with van der Waals surface area (Å²) in [5.74, 6) is 0.566. The molecule has 1 aliphatic rings. The molecule has 0 bridgehead atoms. The molecular weight excluding hydrogens is 306 g/mol. The second-order valence-electron chi connectivity index (χ2n) is 5.69. The zero-order chi connectivity index (χ0) is 15.6. The molecule has 1 fully saturated rings. The average Bonchev–Trinajstić information content (AvgIpc) is 2.46. The molecule has 0 amide bonds. The fourth-order valence-electron chi connectivity index (χ4n) is 2.77. The molecule has 2 unspecified atom stereocenters. The number of hydrogen-bond donors (Lipinski definition) is 1. The summed E-state index contributed by atoms with van der Waals surface area (Å²) in [5.41, 5.74) is 5.90. The van der Waals surface area contributed by atoms with Gasteiger partial charge in [-0.3, -0.25) is 4.98 Å². The Labute approximate surface area is 131 Å². The molecule has 2 N–H and O–H groups in total. The first-order valence-corrected chi connectivity index (χ1v) is 8.91. The molecule has 2 atom stereocenters. The van der Waals surface area contributed by atoms with Gasteiger partial charge in [0, 0.05) is 19.3 Å². The highest BCUT2D eigenvalue weighted by Crippen LogP contribution is 2.29. The molecule has 5 nitrogen and oxygen atoms in total. The third kappa shape index (κ3) is 3.59. The predicted octanol–water partition coefficient (Wildman–Crippen LogP) is 1.92. The van der Waals surface area contributed by atoms with E-state index in [0.29, 0.717) is 11.6 Å². The SMILES string of the molecule is CC1CCCC(N(C)S(=O)(=O)c2ccc(C(N)=S)nc2)C1. The van der Waals surface area contributed by atoms with Gasteiger partial charge >= 0.3 is 0 Å².